The van der Waals surface area contributed by atoms with Crippen molar-refractivity contribution in [3.8, 4) is 22.8 Å². The Kier molecular flexibility index (Phi) is 4.93. The number of benzene rings is 2. The molecule has 2 aromatic carbocycles. The van der Waals surface area contributed by atoms with Crippen molar-refractivity contribution in [2.75, 3.05) is 6.26 Å². The van der Waals surface area contributed by atoms with Gasteiger partial charge in [0.2, 0.25) is 5.88 Å². The molecular formula is C19H14F3NO3S. The third kappa shape index (κ3) is 4.46. The highest BCUT2D eigenvalue weighted by Crippen LogP contribution is 2.34. The molecule has 0 amide bonds. The Bertz CT molecular complexity index is 1040. The minimum Gasteiger partial charge on any atom is -0.438 e. The van der Waals surface area contributed by atoms with Crippen LogP contribution >= 0.6 is 0 Å². The third-order valence-electron chi connectivity index (χ3n) is 3.76. The molecule has 0 saturated heterocycles. The second-order valence-corrected chi connectivity index (χ2v) is 7.79. The summed E-state index contributed by atoms with van der Waals surface area (Å²) in [7, 11) is -3.32. The molecule has 3 aromatic rings. The zero-order valence-corrected chi connectivity index (χ0v) is 14.9. The summed E-state index contributed by atoms with van der Waals surface area (Å²) in [6.45, 7) is 0. The van der Waals surface area contributed by atoms with Crippen LogP contribution in [0.15, 0.2) is 71.8 Å². The molecular weight excluding hydrogens is 379 g/mol. The van der Waals surface area contributed by atoms with Crippen molar-refractivity contribution in [2.45, 2.75) is 11.1 Å². The van der Waals surface area contributed by atoms with Gasteiger partial charge in [-0.2, -0.15) is 13.2 Å². The van der Waals surface area contributed by atoms with Crippen LogP contribution in [0.4, 0.5) is 13.2 Å². The molecule has 0 bridgehead atoms. The smallest absolute Gasteiger partial charge is 0.416 e. The van der Waals surface area contributed by atoms with E-state index in [1.807, 2.05) is 0 Å². The Morgan fingerprint density at radius 1 is 0.926 bits per heavy atom. The van der Waals surface area contributed by atoms with Gasteiger partial charge >= 0.3 is 6.18 Å². The van der Waals surface area contributed by atoms with Crippen LogP contribution in [0.3, 0.4) is 0 Å². The first-order valence-corrected chi connectivity index (χ1v) is 9.64. The SMILES string of the molecule is CS(=O)(=O)c1ccc(-c2cccnc2Oc2ccc(C(F)(F)F)cc2)cc1. The van der Waals surface area contributed by atoms with Crippen molar-refractivity contribution in [3.63, 3.8) is 0 Å². The molecule has 1 aromatic heterocycles. The maximum Gasteiger partial charge on any atom is 0.416 e. The van der Waals surface area contributed by atoms with Gasteiger partial charge in [0.25, 0.3) is 0 Å². The second-order valence-electron chi connectivity index (χ2n) is 5.78. The van der Waals surface area contributed by atoms with Gasteiger partial charge in [0.15, 0.2) is 9.84 Å². The van der Waals surface area contributed by atoms with E-state index in [4.69, 9.17) is 4.74 Å². The van der Waals surface area contributed by atoms with Gasteiger partial charge in [-0.1, -0.05) is 12.1 Å². The van der Waals surface area contributed by atoms with Crippen LogP contribution in [0, 0.1) is 0 Å². The number of sulfone groups is 1. The normalized spacial score (nSPS) is 12.0. The molecule has 4 nitrogen and oxygen atoms in total. The van der Waals surface area contributed by atoms with Crippen LogP contribution in [-0.2, 0) is 16.0 Å². The van der Waals surface area contributed by atoms with E-state index in [-0.39, 0.29) is 16.5 Å². The topological polar surface area (TPSA) is 56.3 Å². The molecule has 1 heterocycles. The summed E-state index contributed by atoms with van der Waals surface area (Å²) in [6, 6.07) is 13.9. The number of alkyl halides is 3. The minimum atomic E-state index is -4.42. The predicted octanol–water partition coefficient (Wildman–Crippen LogP) is 4.96. The van der Waals surface area contributed by atoms with Crippen LogP contribution in [0.1, 0.15) is 5.56 Å². The van der Waals surface area contributed by atoms with Crippen molar-refractivity contribution in [3.05, 3.63) is 72.4 Å². The zero-order chi connectivity index (χ0) is 19.7. The van der Waals surface area contributed by atoms with Crippen molar-refractivity contribution in [2.24, 2.45) is 0 Å². The fraction of sp³-hybridized carbons (Fsp3) is 0.105. The van der Waals surface area contributed by atoms with Crippen LogP contribution < -0.4 is 4.74 Å². The van der Waals surface area contributed by atoms with Gasteiger partial charge in [-0.3, -0.25) is 0 Å². The zero-order valence-electron chi connectivity index (χ0n) is 14.1. The molecule has 0 spiro atoms. The van der Waals surface area contributed by atoms with Gasteiger partial charge < -0.3 is 4.74 Å². The number of nitrogens with zero attached hydrogens (tertiary/aromatic N) is 1. The van der Waals surface area contributed by atoms with E-state index in [0.717, 1.165) is 18.4 Å². The summed E-state index contributed by atoms with van der Waals surface area (Å²) < 4.78 is 66.7. The van der Waals surface area contributed by atoms with Crippen molar-refractivity contribution in [1.82, 2.24) is 4.98 Å². The molecule has 0 radical (unpaired) electrons. The first kappa shape index (κ1) is 18.9. The van der Waals surface area contributed by atoms with Crippen LogP contribution in [-0.4, -0.2) is 19.7 Å². The Morgan fingerprint density at radius 2 is 1.56 bits per heavy atom. The lowest BCUT2D eigenvalue weighted by molar-refractivity contribution is -0.137. The van der Waals surface area contributed by atoms with Gasteiger partial charge in [-0.25, -0.2) is 13.4 Å². The fourth-order valence-electron chi connectivity index (χ4n) is 2.40. The van der Waals surface area contributed by atoms with Crippen LogP contribution in [0.2, 0.25) is 0 Å². The van der Waals surface area contributed by atoms with Gasteiger partial charge in [0.1, 0.15) is 5.75 Å². The first-order valence-electron chi connectivity index (χ1n) is 7.75. The summed E-state index contributed by atoms with van der Waals surface area (Å²) in [5, 5.41) is 0. The number of hydrogen-bond donors (Lipinski definition) is 0. The summed E-state index contributed by atoms with van der Waals surface area (Å²) in [5.41, 5.74) is 0.474. The summed E-state index contributed by atoms with van der Waals surface area (Å²) >= 11 is 0. The highest BCUT2D eigenvalue weighted by molar-refractivity contribution is 7.90. The lowest BCUT2D eigenvalue weighted by Gasteiger charge is -2.11. The van der Waals surface area contributed by atoms with E-state index in [0.29, 0.717) is 11.1 Å². The summed E-state index contributed by atoms with van der Waals surface area (Å²) in [6.07, 6.45) is -1.81. The van der Waals surface area contributed by atoms with Gasteiger partial charge in [-0.05, 0) is 54.1 Å². The largest absolute Gasteiger partial charge is 0.438 e. The van der Waals surface area contributed by atoms with E-state index >= 15 is 0 Å². The quantitative estimate of drug-likeness (QED) is 0.628. The Morgan fingerprint density at radius 3 is 2.11 bits per heavy atom. The Balaban J connectivity index is 1.90. The van der Waals surface area contributed by atoms with E-state index < -0.39 is 21.6 Å². The summed E-state index contributed by atoms with van der Waals surface area (Å²) in [4.78, 5) is 4.31. The fourth-order valence-corrected chi connectivity index (χ4v) is 3.03. The molecule has 0 N–H and O–H groups in total. The lowest BCUT2D eigenvalue weighted by atomic mass is 10.1. The van der Waals surface area contributed by atoms with E-state index in [1.165, 1.54) is 30.5 Å². The average molecular weight is 393 g/mol. The molecule has 0 fully saturated rings. The maximum absolute atomic E-state index is 12.7. The molecule has 0 aliphatic rings. The van der Waals surface area contributed by atoms with Gasteiger partial charge in [0, 0.05) is 18.0 Å². The molecule has 0 atom stereocenters. The third-order valence-corrected chi connectivity index (χ3v) is 4.89. The number of ether oxygens (including phenoxy) is 1. The predicted molar refractivity (Wildman–Crippen MR) is 94.3 cm³/mol. The van der Waals surface area contributed by atoms with E-state index in [2.05, 4.69) is 4.98 Å². The van der Waals surface area contributed by atoms with Crippen molar-refractivity contribution >= 4 is 9.84 Å². The number of halogens is 3. The van der Waals surface area contributed by atoms with E-state index in [9.17, 15) is 21.6 Å². The number of pyridine rings is 1. The monoisotopic (exact) mass is 393 g/mol. The molecule has 27 heavy (non-hydrogen) atoms. The lowest BCUT2D eigenvalue weighted by Crippen LogP contribution is -2.04. The molecule has 0 aliphatic heterocycles. The van der Waals surface area contributed by atoms with Gasteiger partial charge in [-0.15, -0.1) is 0 Å². The van der Waals surface area contributed by atoms with Gasteiger partial charge in [0.05, 0.1) is 10.5 Å². The number of rotatable bonds is 4. The maximum atomic E-state index is 12.7. The number of aromatic nitrogens is 1. The molecule has 8 heteroatoms. The molecule has 3 rings (SSSR count). The highest BCUT2D eigenvalue weighted by atomic mass is 32.2. The molecule has 0 aliphatic carbocycles. The van der Waals surface area contributed by atoms with E-state index in [1.54, 1.807) is 24.3 Å². The Hall–Kier alpha value is -2.87. The number of hydrogen-bond acceptors (Lipinski definition) is 4. The van der Waals surface area contributed by atoms with Crippen LogP contribution in [0.25, 0.3) is 11.1 Å². The van der Waals surface area contributed by atoms with Crippen molar-refractivity contribution < 1.29 is 26.3 Å². The highest BCUT2D eigenvalue weighted by Gasteiger charge is 2.30. The molecule has 140 valence electrons. The summed E-state index contributed by atoms with van der Waals surface area (Å²) in [5.74, 6) is 0.403. The molecule has 0 saturated carbocycles. The average Bonchev–Trinajstić information content (AvgIpc) is 2.61. The second kappa shape index (κ2) is 7.03. The Labute approximate surface area is 154 Å². The van der Waals surface area contributed by atoms with Crippen molar-refractivity contribution in [1.29, 1.82) is 0 Å². The minimum absolute atomic E-state index is 0.181. The molecule has 0 unspecified atom stereocenters. The first-order chi connectivity index (χ1) is 12.6. The standard InChI is InChI=1S/C19H14F3NO3S/c1-27(24,25)16-10-4-13(5-11-16)17-3-2-12-23-18(17)26-15-8-6-14(7-9-15)19(20,21)22/h2-12H,1H3. The van der Waals surface area contributed by atoms with Crippen LogP contribution in [0.5, 0.6) is 11.6 Å².